The molecule has 0 saturated carbocycles. The van der Waals surface area contributed by atoms with Crippen molar-refractivity contribution in [2.75, 3.05) is 5.73 Å². The molecule has 1 fully saturated rings. The SMILES string of the molecule is Nc1nc(/C(=N/O)C(=O)NC2C(=O)N3C(C(=O)O)=C(Sc4ccnc(Cl)c4)CCC23)ns1. The van der Waals surface area contributed by atoms with E-state index in [4.69, 9.17) is 17.3 Å². The van der Waals surface area contributed by atoms with Crippen molar-refractivity contribution in [3.63, 3.8) is 0 Å². The van der Waals surface area contributed by atoms with Gasteiger partial charge in [0.15, 0.2) is 5.13 Å². The van der Waals surface area contributed by atoms with Crippen LogP contribution in [0.3, 0.4) is 0 Å². The number of oxime groups is 1. The molecule has 166 valence electrons. The Labute approximate surface area is 193 Å². The minimum Gasteiger partial charge on any atom is -0.477 e. The van der Waals surface area contributed by atoms with Crippen LogP contribution in [-0.2, 0) is 14.4 Å². The second-order valence-electron chi connectivity index (χ2n) is 6.66. The molecular weight excluding hydrogens is 482 g/mol. The van der Waals surface area contributed by atoms with Crippen LogP contribution in [-0.4, -0.2) is 65.1 Å². The van der Waals surface area contributed by atoms with Gasteiger partial charge in [0.25, 0.3) is 11.8 Å². The van der Waals surface area contributed by atoms with Gasteiger partial charge in [-0.1, -0.05) is 28.5 Å². The minimum atomic E-state index is -1.25. The summed E-state index contributed by atoms with van der Waals surface area (Å²) in [5, 5.41) is 24.7. The lowest BCUT2D eigenvalue weighted by atomic mass is 9.86. The molecule has 0 radical (unpaired) electrons. The monoisotopic (exact) mass is 495 g/mol. The zero-order valence-electron chi connectivity index (χ0n) is 15.9. The van der Waals surface area contributed by atoms with Crippen LogP contribution in [0.5, 0.6) is 0 Å². The second kappa shape index (κ2) is 8.72. The van der Waals surface area contributed by atoms with Crippen LogP contribution < -0.4 is 11.1 Å². The molecule has 0 spiro atoms. The third-order valence-electron chi connectivity index (χ3n) is 4.79. The average molecular weight is 496 g/mol. The smallest absolute Gasteiger partial charge is 0.353 e. The summed E-state index contributed by atoms with van der Waals surface area (Å²) in [5.41, 5.74) is 4.84. The number of nitrogens with zero attached hydrogens (tertiary/aromatic N) is 5. The van der Waals surface area contributed by atoms with Crippen LogP contribution in [0.2, 0.25) is 5.15 Å². The third-order valence-corrected chi connectivity index (χ3v) is 6.67. The lowest BCUT2D eigenvalue weighted by Gasteiger charge is -2.50. The Hall–Kier alpha value is -3.23. The van der Waals surface area contributed by atoms with Gasteiger partial charge in [-0.2, -0.15) is 9.36 Å². The highest BCUT2D eigenvalue weighted by Gasteiger charge is 2.53. The Bertz CT molecular complexity index is 1180. The minimum absolute atomic E-state index is 0.0730. The number of nitrogens with two attached hydrogens (primary N) is 1. The average Bonchev–Trinajstić information content (AvgIpc) is 3.17. The molecule has 4 rings (SSSR count). The van der Waals surface area contributed by atoms with Gasteiger partial charge in [0.05, 0.1) is 6.04 Å². The highest BCUT2D eigenvalue weighted by Crippen LogP contribution is 2.43. The zero-order chi connectivity index (χ0) is 23.0. The van der Waals surface area contributed by atoms with Crippen molar-refractivity contribution in [1.82, 2.24) is 24.6 Å². The largest absolute Gasteiger partial charge is 0.477 e. The van der Waals surface area contributed by atoms with E-state index >= 15 is 0 Å². The van der Waals surface area contributed by atoms with Gasteiger partial charge in [0, 0.05) is 27.5 Å². The maximum absolute atomic E-state index is 12.8. The second-order valence-corrected chi connectivity index (χ2v) is 9.00. The van der Waals surface area contributed by atoms with Crippen molar-refractivity contribution in [3.05, 3.63) is 39.9 Å². The van der Waals surface area contributed by atoms with Gasteiger partial charge in [-0.25, -0.2) is 9.78 Å². The number of carboxylic acid groups (broad SMARTS) is 1. The number of anilines is 1. The van der Waals surface area contributed by atoms with Crippen LogP contribution in [0.15, 0.2) is 39.0 Å². The fourth-order valence-electron chi connectivity index (χ4n) is 3.45. The Morgan fingerprint density at radius 3 is 2.84 bits per heavy atom. The predicted octanol–water partition coefficient (Wildman–Crippen LogP) is 0.925. The molecule has 1 saturated heterocycles. The van der Waals surface area contributed by atoms with Gasteiger partial charge >= 0.3 is 5.97 Å². The normalized spacial score (nSPS) is 20.6. The molecule has 4 heterocycles. The van der Waals surface area contributed by atoms with Crippen molar-refractivity contribution in [1.29, 1.82) is 0 Å². The number of carbonyl (C=O) groups is 3. The van der Waals surface area contributed by atoms with Crippen LogP contribution in [0.25, 0.3) is 0 Å². The van der Waals surface area contributed by atoms with Gasteiger partial charge in [-0.05, 0) is 25.0 Å². The van der Waals surface area contributed by atoms with Crippen LogP contribution in [0.1, 0.15) is 18.7 Å². The van der Waals surface area contributed by atoms with Gasteiger partial charge in [0.1, 0.15) is 16.9 Å². The molecular formula is C17H14ClN7O5S2. The van der Waals surface area contributed by atoms with E-state index in [2.05, 4.69) is 24.8 Å². The molecule has 2 aliphatic heterocycles. The fraction of sp³-hybridized carbons (Fsp3) is 0.235. The van der Waals surface area contributed by atoms with E-state index in [1.165, 1.54) is 18.0 Å². The summed E-state index contributed by atoms with van der Waals surface area (Å²) in [6.07, 6.45) is 2.29. The number of allylic oxidation sites excluding steroid dienone is 1. The van der Waals surface area contributed by atoms with E-state index in [0.29, 0.717) is 22.6 Å². The first-order valence-corrected chi connectivity index (χ1v) is 11.0. The Kier molecular flexibility index (Phi) is 5.99. The van der Waals surface area contributed by atoms with Crippen LogP contribution >= 0.6 is 34.9 Å². The molecule has 0 aliphatic carbocycles. The van der Waals surface area contributed by atoms with Crippen LogP contribution in [0.4, 0.5) is 5.13 Å². The van der Waals surface area contributed by atoms with Crippen molar-refractivity contribution in [3.8, 4) is 0 Å². The summed E-state index contributed by atoms with van der Waals surface area (Å²) >= 11 is 7.90. The third kappa shape index (κ3) is 3.99. The number of rotatable bonds is 6. The maximum Gasteiger partial charge on any atom is 0.353 e. The number of nitrogens with one attached hydrogen (secondary N) is 1. The molecule has 5 N–H and O–H groups in total. The number of hydrogen-bond acceptors (Lipinski definition) is 11. The topological polar surface area (TPSA) is 184 Å². The van der Waals surface area contributed by atoms with E-state index in [0.717, 1.165) is 16.4 Å². The van der Waals surface area contributed by atoms with Gasteiger partial charge in [-0.15, -0.1) is 0 Å². The Balaban J connectivity index is 1.53. The molecule has 2 aromatic heterocycles. The molecule has 0 aromatic carbocycles. The van der Waals surface area contributed by atoms with Crippen LogP contribution in [0, 0.1) is 0 Å². The number of carbonyl (C=O) groups excluding carboxylic acids is 2. The van der Waals surface area contributed by atoms with Crippen molar-refractivity contribution in [2.24, 2.45) is 5.16 Å². The quantitative estimate of drug-likeness (QED) is 0.148. The van der Waals surface area contributed by atoms with Crippen molar-refractivity contribution >= 4 is 63.5 Å². The first kappa shape index (κ1) is 22.0. The number of β-lactam (4-membered cyclic amide) rings is 1. The number of pyridine rings is 1. The molecule has 2 aliphatic rings. The number of fused-ring (bicyclic) bond motifs is 1. The summed E-state index contributed by atoms with van der Waals surface area (Å²) in [6, 6.07) is 1.74. The lowest BCUT2D eigenvalue weighted by molar-refractivity contribution is -0.155. The number of carboxylic acids is 1. The number of halogens is 1. The summed E-state index contributed by atoms with van der Waals surface area (Å²) in [6.45, 7) is 0. The van der Waals surface area contributed by atoms with Crippen molar-refractivity contribution < 1.29 is 24.7 Å². The number of hydrogen-bond donors (Lipinski definition) is 4. The molecule has 2 atom stereocenters. The van der Waals surface area contributed by atoms with E-state index in [-0.39, 0.29) is 21.8 Å². The highest BCUT2D eigenvalue weighted by molar-refractivity contribution is 8.03. The van der Waals surface area contributed by atoms with E-state index in [9.17, 15) is 24.7 Å². The van der Waals surface area contributed by atoms with Crippen molar-refractivity contribution in [2.45, 2.75) is 29.8 Å². The summed E-state index contributed by atoms with van der Waals surface area (Å²) in [5.74, 6) is -2.90. The molecule has 15 heteroatoms. The maximum atomic E-state index is 12.8. The zero-order valence-corrected chi connectivity index (χ0v) is 18.3. The molecule has 2 amide bonds. The molecule has 2 unspecified atom stereocenters. The standard InChI is InChI=1S/C17H14ClN7O5S2/c18-9-5-6(3-4-20-9)31-8-2-1-7-10(15(27)25(7)12(8)16(28)29)21-14(26)11(23-30)13-22-17(19)32-24-13/h3-5,7,10,30H,1-2H2,(H,21,26)(H,28,29)(H2,19,22,24)/b23-11-. The number of thioether (sulfide) groups is 1. The first-order chi connectivity index (χ1) is 15.3. The van der Waals surface area contributed by atoms with Gasteiger partial charge in [-0.3, -0.25) is 14.5 Å². The summed E-state index contributed by atoms with van der Waals surface area (Å²) in [7, 11) is 0. The molecule has 12 nitrogen and oxygen atoms in total. The number of nitrogen functional groups attached to an aromatic ring is 1. The number of aliphatic carboxylic acids is 1. The Morgan fingerprint density at radius 2 is 2.22 bits per heavy atom. The van der Waals surface area contributed by atoms with E-state index in [1.54, 1.807) is 12.1 Å². The number of amides is 2. The highest BCUT2D eigenvalue weighted by atomic mass is 35.5. The fourth-order valence-corrected chi connectivity index (χ4v) is 5.21. The number of aromatic nitrogens is 3. The van der Waals surface area contributed by atoms with Gasteiger partial charge in [0.2, 0.25) is 11.5 Å². The summed E-state index contributed by atoms with van der Waals surface area (Å²) in [4.78, 5) is 47.3. The molecule has 0 bridgehead atoms. The lowest BCUT2D eigenvalue weighted by Crippen LogP contribution is -2.72. The first-order valence-electron chi connectivity index (χ1n) is 9.01. The van der Waals surface area contributed by atoms with E-state index in [1.807, 2.05) is 0 Å². The molecule has 2 aromatic rings. The van der Waals surface area contributed by atoms with Gasteiger partial charge < -0.3 is 21.4 Å². The molecule has 32 heavy (non-hydrogen) atoms. The predicted molar refractivity (Wildman–Crippen MR) is 114 cm³/mol. The van der Waals surface area contributed by atoms with E-state index < -0.39 is 35.6 Å². The Morgan fingerprint density at radius 1 is 1.44 bits per heavy atom. The summed E-state index contributed by atoms with van der Waals surface area (Å²) < 4.78 is 3.81.